The van der Waals surface area contributed by atoms with Gasteiger partial charge in [-0.1, -0.05) is 36.4 Å². The van der Waals surface area contributed by atoms with E-state index in [4.69, 9.17) is 10.5 Å². The summed E-state index contributed by atoms with van der Waals surface area (Å²) in [5.74, 6) is 1.67. The fourth-order valence-corrected chi connectivity index (χ4v) is 2.26. The summed E-state index contributed by atoms with van der Waals surface area (Å²) >= 11 is 0. The molecule has 25 heavy (non-hydrogen) atoms. The molecule has 3 aromatic rings. The van der Waals surface area contributed by atoms with E-state index in [9.17, 15) is 9.59 Å². The molecule has 0 fully saturated rings. The first kappa shape index (κ1) is 16.3. The highest BCUT2D eigenvalue weighted by Crippen LogP contribution is 2.22. The van der Waals surface area contributed by atoms with Crippen molar-refractivity contribution in [3.05, 3.63) is 90.0 Å². The van der Waals surface area contributed by atoms with Crippen LogP contribution < -0.4 is 15.8 Å². The number of para-hydroxylation sites is 1. The number of hydrogen-bond acceptors (Lipinski definition) is 3. The number of primary amides is 1. The van der Waals surface area contributed by atoms with Gasteiger partial charge in [0.15, 0.2) is 5.78 Å². The minimum absolute atomic E-state index is 0.201. The molecule has 3 aromatic carbocycles. The molecule has 0 aliphatic heterocycles. The van der Waals surface area contributed by atoms with E-state index in [0.717, 1.165) is 16.9 Å². The predicted octanol–water partition coefficient (Wildman–Crippen LogP) is 4.20. The number of hydrogen-bond donors (Lipinski definition) is 2. The minimum Gasteiger partial charge on any atom is -0.457 e. The third-order valence-electron chi connectivity index (χ3n) is 3.49. The normalized spacial score (nSPS) is 10.8. The molecule has 3 N–H and O–H groups in total. The van der Waals surface area contributed by atoms with Crippen molar-refractivity contribution in [3.8, 4) is 11.5 Å². The molecule has 0 aromatic heterocycles. The maximum absolute atomic E-state index is 10.7. The molecule has 0 radical (unpaired) electrons. The Morgan fingerprint density at radius 2 is 1.40 bits per heavy atom. The molecule has 5 heteroatoms. The lowest BCUT2D eigenvalue weighted by molar-refractivity contribution is 0.102. The van der Waals surface area contributed by atoms with Crippen molar-refractivity contribution in [2.75, 3.05) is 5.32 Å². The summed E-state index contributed by atoms with van der Waals surface area (Å²) in [6.45, 7) is 0. The van der Waals surface area contributed by atoms with Crippen LogP contribution in [-0.4, -0.2) is 11.8 Å². The summed E-state index contributed by atoms with van der Waals surface area (Å²) in [6.07, 6.45) is 0. The molecule has 2 amide bonds. The predicted molar refractivity (Wildman–Crippen MR) is 96.0 cm³/mol. The molecule has 5 nitrogen and oxygen atoms in total. The number of fused-ring (bicyclic) bond motifs is 2. The highest BCUT2D eigenvalue weighted by atomic mass is 16.5. The van der Waals surface area contributed by atoms with Crippen LogP contribution in [0.4, 0.5) is 10.5 Å². The van der Waals surface area contributed by atoms with E-state index in [1.54, 1.807) is 24.3 Å². The van der Waals surface area contributed by atoms with Gasteiger partial charge in [-0.05, 0) is 42.5 Å². The monoisotopic (exact) mass is 332 g/mol. The average molecular weight is 332 g/mol. The summed E-state index contributed by atoms with van der Waals surface area (Å²) < 4.78 is 5.59. The van der Waals surface area contributed by atoms with Crippen molar-refractivity contribution in [3.63, 3.8) is 0 Å². The van der Waals surface area contributed by atoms with Gasteiger partial charge in [-0.15, -0.1) is 0 Å². The minimum atomic E-state index is -0.582. The van der Waals surface area contributed by atoms with E-state index < -0.39 is 6.03 Å². The number of nitrogens with two attached hydrogens (primary N) is 1. The number of urea groups is 1. The highest BCUT2D eigenvalue weighted by molar-refractivity contribution is 6.16. The van der Waals surface area contributed by atoms with Gasteiger partial charge in [-0.2, -0.15) is 0 Å². The fraction of sp³-hybridized carbons (Fsp3) is 0. The number of carbonyl (C=O) groups excluding carboxylic acids is 2. The number of amides is 2. The Bertz CT molecular complexity index is 862. The third kappa shape index (κ3) is 4.23. The molecule has 0 atom stereocenters. The zero-order chi connectivity index (χ0) is 17.6. The molecule has 2 aliphatic rings. The molecule has 2 aliphatic carbocycles. The van der Waals surface area contributed by atoms with E-state index >= 15 is 0 Å². The Morgan fingerprint density at radius 1 is 0.800 bits per heavy atom. The van der Waals surface area contributed by atoms with E-state index in [-0.39, 0.29) is 5.78 Å². The van der Waals surface area contributed by atoms with Crippen LogP contribution in [-0.2, 0) is 0 Å². The summed E-state index contributed by atoms with van der Waals surface area (Å²) in [4.78, 5) is 21.3. The lowest BCUT2D eigenvalue weighted by atomic mass is 9.92. The third-order valence-corrected chi connectivity index (χ3v) is 3.49. The number of carbonyl (C=O) groups is 2. The molecule has 0 saturated heterocycles. The number of benzene rings is 3. The zero-order valence-corrected chi connectivity index (χ0v) is 13.3. The van der Waals surface area contributed by atoms with Gasteiger partial charge in [-0.3, -0.25) is 4.79 Å². The summed E-state index contributed by atoms with van der Waals surface area (Å²) in [5.41, 5.74) is 7.34. The van der Waals surface area contributed by atoms with Crippen LogP contribution in [0.25, 0.3) is 0 Å². The number of nitrogens with one attached hydrogen (secondary N) is 1. The van der Waals surface area contributed by atoms with Gasteiger partial charge in [-0.25, -0.2) is 4.79 Å². The lowest BCUT2D eigenvalue weighted by Gasteiger charge is -2.10. The average Bonchev–Trinajstić information content (AvgIpc) is 2.64. The van der Waals surface area contributed by atoms with Crippen molar-refractivity contribution in [2.24, 2.45) is 5.73 Å². The SMILES string of the molecule is NC(=O)Nc1ccc(Oc2ccccc2)cc1.O=C1c2cccc1c2. The van der Waals surface area contributed by atoms with E-state index in [1.807, 2.05) is 54.6 Å². The van der Waals surface area contributed by atoms with Gasteiger partial charge < -0.3 is 15.8 Å². The number of anilines is 1. The van der Waals surface area contributed by atoms with Crippen LogP contribution in [0.2, 0.25) is 0 Å². The van der Waals surface area contributed by atoms with E-state index in [2.05, 4.69) is 5.32 Å². The quantitative estimate of drug-likeness (QED) is 0.590. The Kier molecular flexibility index (Phi) is 4.76. The first-order chi connectivity index (χ1) is 12.1. The van der Waals surface area contributed by atoms with Crippen LogP contribution >= 0.6 is 0 Å². The van der Waals surface area contributed by atoms with E-state index in [1.165, 1.54) is 0 Å². The van der Waals surface area contributed by atoms with Crippen molar-refractivity contribution in [1.29, 1.82) is 0 Å². The largest absolute Gasteiger partial charge is 0.457 e. The van der Waals surface area contributed by atoms with Crippen molar-refractivity contribution < 1.29 is 14.3 Å². The van der Waals surface area contributed by atoms with Crippen LogP contribution in [0.5, 0.6) is 11.5 Å². The first-order valence-corrected chi connectivity index (χ1v) is 7.66. The van der Waals surface area contributed by atoms with Crippen LogP contribution in [0.15, 0.2) is 78.9 Å². The molecule has 2 bridgehead atoms. The second-order valence-electron chi connectivity index (χ2n) is 5.34. The van der Waals surface area contributed by atoms with E-state index in [0.29, 0.717) is 11.4 Å². The molecular weight excluding hydrogens is 316 g/mol. The summed E-state index contributed by atoms with van der Waals surface area (Å²) in [5, 5.41) is 2.48. The van der Waals surface area contributed by atoms with Gasteiger partial charge in [0.1, 0.15) is 11.5 Å². The second-order valence-corrected chi connectivity index (χ2v) is 5.34. The Morgan fingerprint density at radius 3 is 1.88 bits per heavy atom. The van der Waals surface area contributed by atoms with Crippen molar-refractivity contribution in [2.45, 2.75) is 0 Å². The Hall–Kier alpha value is -3.60. The highest BCUT2D eigenvalue weighted by Gasteiger charge is 2.17. The van der Waals surface area contributed by atoms with Gasteiger partial charge in [0.05, 0.1) is 0 Å². The number of ether oxygens (including phenoxy) is 1. The topological polar surface area (TPSA) is 81.4 Å². The second kappa shape index (κ2) is 7.31. The van der Waals surface area contributed by atoms with Crippen molar-refractivity contribution >= 4 is 17.5 Å². The standard InChI is InChI=1S/C13H12N2O2.C7H4O/c14-13(16)15-10-6-8-12(9-7-10)17-11-4-2-1-3-5-11;8-7-5-2-1-3-6(7)4-5/h1-9H,(H3,14,15,16);1-4H. The van der Waals surface area contributed by atoms with Gasteiger partial charge >= 0.3 is 6.03 Å². The van der Waals surface area contributed by atoms with Gasteiger partial charge in [0.25, 0.3) is 0 Å². The number of rotatable bonds is 3. The van der Waals surface area contributed by atoms with Crippen LogP contribution in [0.3, 0.4) is 0 Å². The molecular formula is C20H16N2O3. The number of ketones is 1. The fourth-order valence-electron chi connectivity index (χ4n) is 2.26. The molecule has 0 saturated carbocycles. The zero-order valence-electron chi connectivity index (χ0n) is 13.3. The first-order valence-electron chi connectivity index (χ1n) is 7.66. The molecule has 0 unspecified atom stereocenters. The molecule has 0 spiro atoms. The maximum atomic E-state index is 10.7. The van der Waals surface area contributed by atoms with Crippen LogP contribution in [0, 0.1) is 0 Å². The molecule has 0 heterocycles. The summed E-state index contributed by atoms with van der Waals surface area (Å²) in [6, 6.07) is 23.3. The molecule has 5 rings (SSSR count). The lowest BCUT2D eigenvalue weighted by Crippen LogP contribution is -2.19. The molecule has 124 valence electrons. The Labute approximate surface area is 145 Å². The van der Waals surface area contributed by atoms with Crippen molar-refractivity contribution in [1.82, 2.24) is 0 Å². The summed E-state index contributed by atoms with van der Waals surface area (Å²) in [7, 11) is 0. The smallest absolute Gasteiger partial charge is 0.316 e. The van der Waals surface area contributed by atoms with Gasteiger partial charge in [0.2, 0.25) is 0 Å². The van der Waals surface area contributed by atoms with Gasteiger partial charge in [0, 0.05) is 16.8 Å². The maximum Gasteiger partial charge on any atom is 0.316 e. The van der Waals surface area contributed by atoms with Crippen LogP contribution in [0.1, 0.15) is 15.9 Å². The Balaban J connectivity index is 0.000000188.